The zero-order valence-electron chi connectivity index (χ0n) is 10.8. The van der Waals surface area contributed by atoms with E-state index in [0.29, 0.717) is 28.0 Å². The third-order valence-electron chi connectivity index (χ3n) is 3.43. The summed E-state index contributed by atoms with van der Waals surface area (Å²) in [5, 5.41) is 0. The lowest BCUT2D eigenvalue weighted by atomic mass is 10.2. The highest BCUT2D eigenvalue weighted by atomic mass is 19.4. The van der Waals surface area contributed by atoms with E-state index in [-0.39, 0.29) is 0 Å². The molecule has 0 saturated heterocycles. The molecule has 1 aliphatic heterocycles. The fourth-order valence-electron chi connectivity index (χ4n) is 2.23. The Labute approximate surface area is 113 Å². The summed E-state index contributed by atoms with van der Waals surface area (Å²) in [6.45, 7) is 0.711. The van der Waals surface area contributed by atoms with Crippen LogP contribution < -0.4 is 4.48 Å². The maximum atomic E-state index is 12.7. The molecule has 1 N–H and O–H groups in total. The fraction of sp³-hybridized carbons (Fsp3) is 0.214. The van der Waals surface area contributed by atoms with Gasteiger partial charge in [0.05, 0.1) is 23.6 Å². The molecule has 104 valence electrons. The van der Waals surface area contributed by atoms with Crippen LogP contribution in [0.5, 0.6) is 0 Å². The number of allylic oxidation sites excluding steroid dienone is 2. The molecule has 0 bridgehead atoms. The number of aromatic nitrogens is 2. The number of hydrogen-bond acceptors (Lipinski definition) is 1. The van der Waals surface area contributed by atoms with Crippen molar-refractivity contribution in [1.82, 2.24) is 14.5 Å². The van der Waals surface area contributed by atoms with Gasteiger partial charge in [0.2, 0.25) is 0 Å². The number of benzene rings is 1. The van der Waals surface area contributed by atoms with Crippen LogP contribution in [-0.4, -0.2) is 23.6 Å². The van der Waals surface area contributed by atoms with Gasteiger partial charge in [-0.1, -0.05) is 6.08 Å². The molecule has 0 radical (unpaired) electrons. The molecule has 3 rings (SSSR count). The minimum Gasteiger partial charge on any atom is -0.291 e. The van der Waals surface area contributed by atoms with E-state index in [2.05, 4.69) is 9.97 Å². The molecule has 1 atom stereocenters. The number of rotatable bonds is 1. The zero-order valence-corrected chi connectivity index (χ0v) is 10.8. The summed E-state index contributed by atoms with van der Waals surface area (Å²) < 4.78 is 38.5. The van der Waals surface area contributed by atoms with Gasteiger partial charge in [-0.3, -0.25) is 4.98 Å². The number of nitrogens with one attached hydrogen (secondary N) is 1. The lowest BCUT2D eigenvalue weighted by Crippen LogP contribution is -2.41. The molecule has 6 heteroatoms. The van der Waals surface area contributed by atoms with Gasteiger partial charge in [0.1, 0.15) is 12.7 Å². The smallest absolute Gasteiger partial charge is 0.291 e. The molecular formula is C14H13F3N3+. The summed E-state index contributed by atoms with van der Waals surface area (Å²) in [5.74, 6) is 0.625. The van der Waals surface area contributed by atoms with Crippen LogP contribution in [0.2, 0.25) is 0 Å². The third-order valence-corrected chi connectivity index (χ3v) is 3.43. The molecule has 0 saturated carbocycles. The van der Waals surface area contributed by atoms with E-state index < -0.39 is 11.7 Å². The van der Waals surface area contributed by atoms with Crippen LogP contribution in [0.25, 0.3) is 11.0 Å². The number of likely N-dealkylation sites (N-methyl/N-ethyl adjacent to an activating group) is 1. The van der Waals surface area contributed by atoms with Crippen molar-refractivity contribution in [3.63, 3.8) is 0 Å². The van der Waals surface area contributed by atoms with Gasteiger partial charge in [-0.2, -0.15) is 18.2 Å². The molecular weight excluding hydrogens is 267 g/mol. The second-order valence-corrected chi connectivity index (χ2v) is 5.01. The summed E-state index contributed by atoms with van der Waals surface area (Å²) in [7, 11) is 1.95. The Morgan fingerprint density at radius 2 is 2.05 bits per heavy atom. The van der Waals surface area contributed by atoms with Gasteiger partial charge in [-0.05, 0) is 30.4 Å². The highest BCUT2D eigenvalue weighted by Gasteiger charge is 2.32. The molecule has 2 heterocycles. The Hall–Kier alpha value is -2.08. The van der Waals surface area contributed by atoms with Crippen molar-refractivity contribution in [2.45, 2.75) is 6.18 Å². The van der Waals surface area contributed by atoms with Gasteiger partial charge in [0.25, 0.3) is 0 Å². The molecule has 0 spiro atoms. The van der Waals surface area contributed by atoms with Gasteiger partial charge >= 0.3 is 12.1 Å². The molecule has 0 aliphatic carbocycles. The van der Waals surface area contributed by atoms with Crippen molar-refractivity contribution in [2.75, 3.05) is 13.6 Å². The Balaban J connectivity index is 2.07. The van der Waals surface area contributed by atoms with Crippen molar-refractivity contribution >= 4 is 17.0 Å². The van der Waals surface area contributed by atoms with Gasteiger partial charge in [-0.25, -0.2) is 4.48 Å². The van der Waals surface area contributed by atoms with E-state index >= 15 is 0 Å². The second-order valence-electron chi connectivity index (χ2n) is 5.01. The maximum absolute atomic E-state index is 12.7. The highest BCUT2D eigenvalue weighted by molar-refractivity contribution is 5.78. The minimum absolute atomic E-state index is 0.400. The number of halogens is 3. The van der Waals surface area contributed by atoms with E-state index in [1.807, 2.05) is 31.5 Å². The molecule has 20 heavy (non-hydrogen) atoms. The van der Waals surface area contributed by atoms with Gasteiger partial charge in [0, 0.05) is 0 Å². The number of nitrogens with zero attached hydrogens (tertiary/aromatic N) is 2. The topological polar surface area (TPSA) is 28.7 Å². The van der Waals surface area contributed by atoms with Crippen LogP contribution in [0.3, 0.4) is 0 Å². The van der Waals surface area contributed by atoms with E-state index in [4.69, 9.17) is 0 Å². The van der Waals surface area contributed by atoms with Crippen molar-refractivity contribution < 1.29 is 13.2 Å². The van der Waals surface area contributed by atoms with Crippen LogP contribution >= 0.6 is 0 Å². The Bertz CT molecular complexity index is 712. The predicted molar refractivity (Wildman–Crippen MR) is 72.0 cm³/mol. The molecule has 3 nitrogen and oxygen atoms in total. The molecule has 2 aromatic rings. The van der Waals surface area contributed by atoms with Crippen molar-refractivity contribution in [3.05, 3.63) is 48.2 Å². The van der Waals surface area contributed by atoms with E-state index in [1.165, 1.54) is 6.07 Å². The molecule has 0 amide bonds. The van der Waals surface area contributed by atoms with Crippen molar-refractivity contribution in [3.8, 4) is 0 Å². The number of fused-ring (bicyclic) bond motifs is 1. The summed E-state index contributed by atoms with van der Waals surface area (Å²) in [4.78, 5) is 7.39. The normalized spacial score (nSPS) is 22.6. The molecule has 0 fully saturated rings. The van der Waals surface area contributed by atoms with Crippen LogP contribution in [0.15, 0.2) is 42.6 Å². The number of alkyl halides is 3. The number of H-pyrrole nitrogens is 1. The monoisotopic (exact) mass is 280 g/mol. The predicted octanol–water partition coefficient (Wildman–Crippen LogP) is 3.60. The van der Waals surface area contributed by atoms with Gasteiger partial charge in [-0.15, -0.1) is 0 Å². The van der Waals surface area contributed by atoms with E-state index in [0.717, 1.165) is 12.1 Å². The maximum Gasteiger partial charge on any atom is 0.416 e. The quantitative estimate of drug-likeness (QED) is 0.794. The number of imidazole rings is 1. The highest BCUT2D eigenvalue weighted by Crippen LogP contribution is 2.32. The van der Waals surface area contributed by atoms with Crippen LogP contribution in [0.4, 0.5) is 19.1 Å². The number of quaternary nitrogens is 1. The first-order valence-corrected chi connectivity index (χ1v) is 6.16. The fourth-order valence-corrected chi connectivity index (χ4v) is 2.23. The first-order chi connectivity index (χ1) is 9.38. The van der Waals surface area contributed by atoms with E-state index in [9.17, 15) is 13.2 Å². The SMILES string of the molecule is C[N+]1(c2nc3ccc(C(F)(F)F)cc3[nH]2)C=CC=CC1. The summed E-state index contributed by atoms with van der Waals surface area (Å²) in [5.41, 5.74) is 0.268. The van der Waals surface area contributed by atoms with Crippen molar-refractivity contribution in [2.24, 2.45) is 0 Å². The average molecular weight is 280 g/mol. The third kappa shape index (κ3) is 2.12. The molecule has 1 aromatic carbocycles. The average Bonchev–Trinajstić information content (AvgIpc) is 2.82. The standard InChI is InChI=1S/C14H13F3N3/c1-20(7-3-2-4-8-20)13-18-11-6-5-10(14(15,16)17)9-12(11)19-13/h2-7,9H,8H2,1H3,(H,18,19)/q+1. The van der Waals surface area contributed by atoms with Gasteiger partial charge < -0.3 is 0 Å². The largest absolute Gasteiger partial charge is 0.416 e. The Morgan fingerprint density at radius 3 is 2.70 bits per heavy atom. The van der Waals surface area contributed by atoms with Crippen LogP contribution in [-0.2, 0) is 6.18 Å². The first kappa shape index (κ1) is 12.9. The Kier molecular flexibility index (Phi) is 2.72. The lowest BCUT2D eigenvalue weighted by Gasteiger charge is -2.26. The molecule has 1 aliphatic rings. The first-order valence-electron chi connectivity index (χ1n) is 6.16. The molecule has 1 aromatic heterocycles. The molecule has 1 unspecified atom stereocenters. The van der Waals surface area contributed by atoms with Gasteiger partial charge in [0.15, 0.2) is 0 Å². The van der Waals surface area contributed by atoms with E-state index in [1.54, 1.807) is 0 Å². The van der Waals surface area contributed by atoms with Crippen LogP contribution in [0.1, 0.15) is 5.56 Å². The zero-order chi connectivity index (χ0) is 14.4. The Morgan fingerprint density at radius 1 is 1.25 bits per heavy atom. The summed E-state index contributed by atoms with van der Waals surface area (Å²) in [6.07, 6.45) is 3.44. The van der Waals surface area contributed by atoms with Crippen molar-refractivity contribution in [1.29, 1.82) is 0 Å². The summed E-state index contributed by atoms with van der Waals surface area (Å²) >= 11 is 0. The number of hydrogen-bond donors (Lipinski definition) is 1. The lowest BCUT2D eigenvalue weighted by molar-refractivity contribution is -0.137. The second kappa shape index (κ2) is 4.21. The number of aromatic amines is 1. The van der Waals surface area contributed by atoms with Crippen LogP contribution in [0, 0.1) is 0 Å². The summed E-state index contributed by atoms with van der Waals surface area (Å²) in [6, 6.07) is 3.55. The minimum atomic E-state index is -4.34.